The van der Waals surface area contributed by atoms with Crippen LogP contribution in [0, 0.1) is 11.7 Å². The third-order valence-corrected chi connectivity index (χ3v) is 5.35. The van der Waals surface area contributed by atoms with Gasteiger partial charge in [-0.3, -0.25) is 4.79 Å². The molecule has 3 N–H and O–H groups in total. The van der Waals surface area contributed by atoms with Crippen molar-refractivity contribution < 1.29 is 9.18 Å². The second-order valence-corrected chi connectivity index (χ2v) is 6.38. The highest BCUT2D eigenvalue weighted by atomic mass is 32.2. The smallest absolute Gasteiger partial charge is 0.238 e. The van der Waals surface area contributed by atoms with E-state index in [-0.39, 0.29) is 17.6 Å². The van der Waals surface area contributed by atoms with E-state index in [4.69, 9.17) is 5.73 Å². The topological polar surface area (TPSA) is 55.1 Å². The predicted octanol–water partition coefficient (Wildman–Crippen LogP) is 2.55. The first-order chi connectivity index (χ1) is 9.60. The number of halogens is 1. The standard InChI is InChI=1S/C15H21FN2OS/c1-18-15(14(17)19)9-4-5-11(15)8-10-20-13-7-3-2-6-12(13)16/h2-3,6-7,11,18H,4-5,8-10H2,1H3,(H2,17,19). The highest BCUT2D eigenvalue weighted by molar-refractivity contribution is 7.99. The summed E-state index contributed by atoms with van der Waals surface area (Å²) in [6.07, 6.45) is 3.68. The highest BCUT2D eigenvalue weighted by Crippen LogP contribution is 2.39. The normalized spacial score (nSPS) is 25.8. The van der Waals surface area contributed by atoms with Gasteiger partial charge in [0.2, 0.25) is 5.91 Å². The van der Waals surface area contributed by atoms with Crippen LogP contribution in [-0.4, -0.2) is 24.2 Å². The van der Waals surface area contributed by atoms with E-state index in [0.29, 0.717) is 4.90 Å². The van der Waals surface area contributed by atoms with Gasteiger partial charge in [0, 0.05) is 4.90 Å². The van der Waals surface area contributed by atoms with Crippen LogP contribution in [0.3, 0.4) is 0 Å². The molecule has 1 aliphatic carbocycles. The average molecular weight is 296 g/mol. The number of thioether (sulfide) groups is 1. The van der Waals surface area contributed by atoms with E-state index in [1.165, 1.54) is 17.8 Å². The number of nitrogens with one attached hydrogen (secondary N) is 1. The summed E-state index contributed by atoms with van der Waals surface area (Å²) in [5, 5.41) is 3.13. The molecule has 1 fully saturated rings. The Morgan fingerprint density at radius 1 is 1.55 bits per heavy atom. The first-order valence-electron chi connectivity index (χ1n) is 6.96. The molecule has 0 aliphatic heterocycles. The fourth-order valence-electron chi connectivity index (χ4n) is 3.12. The van der Waals surface area contributed by atoms with E-state index >= 15 is 0 Å². The Labute approximate surface area is 123 Å². The zero-order valence-corrected chi connectivity index (χ0v) is 12.5. The Hall–Kier alpha value is -1.07. The SMILES string of the molecule is CNC1(C(N)=O)CCCC1CCSc1ccccc1F. The summed E-state index contributed by atoms with van der Waals surface area (Å²) in [4.78, 5) is 12.4. The molecule has 1 aromatic carbocycles. The molecule has 0 radical (unpaired) electrons. The molecule has 0 spiro atoms. The first-order valence-corrected chi connectivity index (χ1v) is 7.95. The van der Waals surface area contributed by atoms with Gasteiger partial charge in [-0.1, -0.05) is 18.6 Å². The minimum absolute atomic E-state index is 0.182. The summed E-state index contributed by atoms with van der Waals surface area (Å²) in [5.41, 5.74) is 5.00. The molecule has 1 aliphatic rings. The Bertz CT molecular complexity index is 483. The lowest BCUT2D eigenvalue weighted by atomic mass is 9.84. The molecule has 1 amide bonds. The van der Waals surface area contributed by atoms with Gasteiger partial charge in [-0.2, -0.15) is 0 Å². The summed E-state index contributed by atoms with van der Waals surface area (Å²) in [6, 6.07) is 6.78. The highest BCUT2D eigenvalue weighted by Gasteiger charge is 2.45. The zero-order chi connectivity index (χ0) is 14.6. The average Bonchev–Trinajstić information content (AvgIpc) is 2.85. The van der Waals surface area contributed by atoms with E-state index < -0.39 is 5.54 Å². The third-order valence-electron chi connectivity index (χ3n) is 4.27. The van der Waals surface area contributed by atoms with Gasteiger partial charge in [-0.25, -0.2) is 4.39 Å². The van der Waals surface area contributed by atoms with Crippen molar-refractivity contribution in [1.82, 2.24) is 5.32 Å². The van der Waals surface area contributed by atoms with Crippen molar-refractivity contribution >= 4 is 17.7 Å². The van der Waals surface area contributed by atoms with E-state index in [0.717, 1.165) is 31.4 Å². The van der Waals surface area contributed by atoms with Crippen molar-refractivity contribution in [1.29, 1.82) is 0 Å². The van der Waals surface area contributed by atoms with Crippen LogP contribution >= 0.6 is 11.8 Å². The fraction of sp³-hybridized carbons (Fsp3) is 0.533. The summed E-state index contributed by atoms with van der Waals surface area (Å²) in [5.74, 6) is 0.587. The molecule has 20 heavy (non-hydrogen) atoms. The summed E-state index contributed by atoms with van der Waals surface area (Å²) in [6.45, 7) is 0. The number of rotatable bonds is 6. The molecule has 2 rings (SSSR count). The zero-order valence-electron chi connectivity index (χ0n) is 11.7. The van der Waals surface area contributed by atoms with Crippen molar-refractivity contribution in [2.75, 3.05) is 12.8 Å². The Morgan fingerprint density at radius 2 is 2.30 bits per heavy atom. The number of nitrogens with two attached hydrogens (primary N) is 1. The maximum atomic E-state index is 13.5. The molecular weight excluding hydrogens is 275 g/mol. The quantitative estimate of drug-likeness (QED) is 0.793. The van der Waals surface area contributed by atoms with Gasteiger partial charge in [0.1, 0.15) is 11.4 Å². The largest absolute Gasteiger partial charge is 0.368 e. The van der Waals surface area contributed by atoms with Crippen molar-refractivity contribution in [2.45, 2.75) is 36.1 Å². The second kappa shape index (κ2) is 6.59. The van der Waals surface area contributed by atoms with Gasteiger partial charge in [0.05, 0.1) is 0 Å². The number of likely N-dealkylation sites (N-methyl/N-ethyl adjacent to an activating group) is 1. The lowest BCUT2D eigenvalue weighted by molar-refractivity contribution is -0.125. The van der Waals surface area contributed by atoms with Crippen LogP contribution in [-0.2, 0) is 4.79 Å². The van der Waals surface area contributed by atoms with Crippen LogP contribution in [0.4, 0.5) is 4.39 Å². The third kappa shape index (κ3) is 2.99. The van der Waals surface area contributed by atoms with Gasteiger partial charge in [0.15, 0.2) is 0 Å². The number of primary amides is 1. The maximum absolute atomic E-state index is 13.5. The molecule has 110 valence electrons. The monoisotopic (exact) mass is 296 g/mol. The molecule has 0 bridgehead atoms. The van der Waals surface area contributed by atoms with Crippen molar-refractivity contribution in [2.24, 2.45) is 11.7 Å². The Balaban J connectivity index is 1.94. The lowest BCUT2D eigenvalue weighted by Gasteiger charge is -2.32. The van der Waals surface area contributed by atoms with Gasteiger partial charge < -0.3 is 11.1 Å². The molecule has 2 atom stereocenters. The fourth-order valence-corrected chi connectivity index (χ4v) is 4.12. The number of carbonyl (C=O) groups excluding carboxylic acids is 1. The Kier molecular flexibility index (Phi) is 5.05. The predicted molar refractivity (Wildman–Crippen MR) is 80.1 cm³/mol. The minimum Gasteiger partial charge on any atom is -0.368 e. The molecule has 5 heteroatoms. The number of benzene rings is 1. The number of hydrogen-bond donors (Lipinski definition) is 2. The molecule has 0 aromatic heterocycles. The molecule has 0 heterocycles. The van der Waals surface area contributed by atoms with Crippen LogP contribution in [0.1, 0.15) is 25.7 Å². The van der Waals surface area contributed by atoms with E-state index in [1.54, 1.807) is 19.2 Å². The molecule has 1 saturated carbocycles. The van der Waals surface area contributed by atoms with E-state index in [9.17, 15) is 9.18 Å². The van der Waals surface area contributed by atoms with Crippen LogP contribution in [0.2, 0.25) is 0 Å². The molecule has 1 aromatic rings. The maximum Gasteiger partial charge on any atom is 0.238 e. The van der Waals surface area contributed by atoms with Crippen molar-refractivity contribution in [3.05, 3.63) is 30.1 Å². The van der Waals surface area contributed by atoms with Crippen molar-refractivity contribution in [3.63, 3.8) is 0 Å². The number of amides is 1. The van der Waals surface area contributed by atoms with Gasteiger partial charge >= 0.3 is 0 Å². The van der Waals surface area contributed by atoms with Crippen LogP contribution in [0.25, 0.3) is 0 Å². The van der Waals surface area contributed by atoms with Crippen LogP contribution in [0.15, 0.2) is 29.2 Å². The number of carbonyl (C=O) groups is 1. The van der Waals surface area contributed by atoms with E-state index in [2.05, 4.69) is 5.32 Å². The first kappa shape index (κ1) is 15.3. The lowest BCUT2D eigenvalue weighted by Crippen LogP contribution is -2.56. The van der Waals surface area contributed by atoms with Gasteiger partial charge in [-0.05, 0) is 50.1 Å². The van der Waals surface area contributed by atoms with Gasteiger partial charge in [0.25, 0.3) is 0 Å². The van der Waals surface area contributed by atoms with Crippen LogP contribution in [0.5, 0.6) is 0 Å². The number of hydrogen-bond acceptors (Lipinski definition) is 3. The van der Waals surface area contributed by atoms with Gasteiger partial charge in [-0.15, -0.1) is 11.8 Å². The molecule has 3 nitrogen and oxygen atoms in total. The molecule has 0 saturated heterocycles. The molecule has 2 unspecified atom stereocenters. The second-order valence-electron chi connectivity index (χ2n) is 5.24. The summed E-state index contributed by atoms with van der Waals surface area (Å²) in [7, 11) is 1.80. The van der Waals surface area contributed by atoms with Crippen LogP contribution < -0.4 is 11.1 Å². The Morgan fingerprint density at radius 3 is 2.95 bits per heavy atom. The summed E-state index contributed by atoms with van der Waals surface area (Å²) < 4.78 is 13.5. The van der Waals surface area contributed by atoms with E-state index in [1.807, 2.05) is 6.07 Å². The molecular formula is C15H21FN2OS. The minimum atomic E-state index is -0.574. The summed E-state index contributed by atoms with van der Waals surface area (Å²) >= 11 is 1.50. The van der Waals surface area contributed by atoms with Crippen molar-refractivity contribution in [3.8, 4) is 0 Å².